The Labute approximate surface area is 134 Å². The average molecular weight is 317 g/mol. The largest absolute Gasteiger partial charge is 0.299 e. The van der Waals surface area contributed by atoms with Gasteiger partial charge in [0.05, 0.1) is 5.75 Å². The first kappa shape index (κ1) is 20.8. The maximum absolute atomic E-state index is 11.4. The molecule has 2 nitrogen and oxygen atoms in total. The van der Waals surface area contributed by atoms with Crippen LogP contribution in [0.4, 0.5) is 0 Å². The minimum absolute atomic E-state index is 0.166. The number of carbonyl (C=O) groups excluding carboxylic acids is 1. The monoisotopic (exact) mass is 316 g/mol. The van der Waals surface area contributed by atoms with Gasteiger partial charge in [-0.05, 0) is 6.42 Å². The summed E-state index contributed by atoms with van der Waals surface area (Å²) in [6.45, 7) is 2.26. The fourth-order valence-corrected chi connectivity index (χ4v) is 3.24. The first-order valence-corrected chi connectivity index (χ1v) is 10.7. The summed E-state index contributed by atoms with van der Waals surface area (Å²) in [5.74, 6) is 0.414. The molecule has 0 N–H and O–H groups in total. The molecule has 0 aliphatic heterocycles. The number of carbonyl (C=O) groups is 1. The molecule has 0 aliphatic carbocycles. The second kappa shape index (κ2) is 16.2. The summed E-state index contributed by atoms with van der Waals surface area (Å²) >= 11 is 0. The fraction of sp³-hybridized carbons (Fsp3) is 0.944. The highest BCUT2D eigenvalue weighted by Gasteiger charge is 2.03. The molecular formula is C18H36O2S. The number of ketones is 1. The number of hydrogen-bond donors (Lipinski definition) is 0. The topological polar surface area (TPSA) is 34.1 Å². The van der Waals surface area contributed by atoms with Crippen LogP contribution in [0, 0.1) is 0 Å². The predicted molar refractivity (Wildman–Crippen MR) is 94.3 cm³/mol. The third-order valence-corrected chi connectivity index (χ3v) is 4.65. The molecule has 3 heteroatoms. The Balaban J connectivity index is 3.09. The normalized spacial score (nSPS) is 12.5. The van der Waals surface area contributed by atoms with Crippen LogP contribution in [0.1, 0.15) is 96.8 Å². The standard InChI is InChI=1S/C18H36O2S/c1-3-4-5-6-7-8-9-10-11-12-13-14-15-16-18(19)17-21(2)20/h3-17H2,1-2H3/t21-/m1/s1. The van der Waals surface area contributed by atoms with E-state index in [0.29, 0.717) is 6.42 Å². The first-order chi connectivity index (χ1) is 10.2. The van der Waals surface area contributed by atoms with Crippen molar-refractivity contribution in [2.24, 2.45) is 0 Å². The van der Waals surface area contributed by atoms with E-state index in [1.807, 2.05) is 0 Å². The van der Waals surface area contributed by atoms with E-state index in [1.54, 1.807) is 6.26 Å². The Morgan fingerprint density at radius 3 is 1.48 bits per heavy atom. The summed E-state index contributed by atoms with van der Waals surface area (Å²) < 4.78 is 10.9. The van der Waals surface area contributed by atoms with E-state index in [2.05, 4.69) is 6.92 Å². The molecule has 0 saturated carbocycles. The molecule has 0 heterocycles. The summed E-state index contributed by atoms with van der Waals surface area (Å²) in [5, 5.41) is 0. The van der Waals surface area contributed by atoms with Gasteiger partial charge in [0.25, 0.3) is 0 Å². The summed E-state index contributed by atoms with van der Waals surface area (Å²) in [4.78, 5) is 11.4. The van der Waals surface area contributed by atoms with Crippen molar-refractivity contribution in [3.63, 3.8) is 0 Å². The molecule has 0 aromatic rings. The average Bonchev–Trinajstić information content (AvgIpc) is 2.43. The predicted octanol–water partition coefficient (Wildman–Crippen LogP) is 5.42. The lowest BCUT2D eigenvalue weighted by molar-refractivity contribution is -0.116. The van der Waals surface area contributed by atoms with Gasteiger partial charge in [-0.3, -0.25) is 9.00 Å². The Morgan fingerprint density at radius 1 is 0.714 bits per heavy atom. The fourth-order valence-electron chi connectivity index (χ4n) is 2.64. The Hall–Kier alpha value is -0.180. The van der Waals surface area contributed by atoms with Crippen LogP contribution in [0.15, 0.2) is 0 Å². The molecule has 0 aliphatic rings. The van der Waals surface area contributed by atoms with Gasteiger partial charge < -0.3 is 0 Å². The summed E-state index contributed by atoms with van der Waals surface area (Å²) in [6.07, 6.45) is 19.4. The molecule has 0 radical (unpaired) electrons. The highest BCUT2D eigenvalue weighted by Crippen LogP contribution is 2.13. The third-order valence-electron chi connectivity index (χ3n) is 3.92. The maximum atomic E-state index is 11.4. The number of unbranched alkanes of at least 4 members (excludes halogenated alkanes) is 12. The van der Waals surface area contributed by atoms with Crippen molar-refractivity contribution >= 4 is 16.6 Å². The second-order valence-corrected chi connectivity index (χ2v) is 7.68. The molecule has 0 amide bonds. The zero-order valence-corrected chi connectivity index (χ0v) is 15.1. The van der Waals surface area contributed by atoms with Gasteiger partial charge in [-0.25, -0.2) is 0 Å². The van der Waals surface area contributed by atoms with Gasteiger partial charge in [-0.1, -0.05) is 84.0 Å². The van der Waals surface area contributed by atoms with Crippen LogP contribution < -0.4 is 0 Å². The molecule has 0 saturated heterocycles. The van der Waals surface area contributed by atoms with Crippen LogP contribution in [0.5, 0.6) is 0 Å². The maximum Gasteiger partial charge on any atom is 0.145 e. The molecule has 0 unspecified atom stereocenters. The second-order valence-electron chi connectivity index (χ2n) is 6.25. The van der Waals surface area contributed by atoms with Crippen molar-refractivity contribution in [2.75, 3.05) is 12.0 Å². The number of Topliss-reactive ketones (excluding diaryl/α,β-unsaturated/α-hetero) is 1. The van der Waals surface area contributed by atoms with Gasteiger partial charge in [0, 0.05) is 23.5 Å². The quantitative estimate of drug-likeness (QED) is 0.356. The number of rotatable bonds is 16. The SMILES string of the molecule is CCCCCCCCCCCCCCCC(=O)C[S@@](C)=O. The molecule has 1 atom stereocenters. The van der Waals surface area contributed by atoms with E-state index in [-0.39, 0.29) is 11.5 Å². The van der Waals surface area contributed by atoms with Gasteiger partial charge in [0.15, 0.2) is 0 Å². The smallest absolute Gasteiger partial charge is 0.145 e. The molecule has 0 bridgehead atoms. The zero-order valence-electron chi connectivity index (χ0n) is 14.3. The zero-order chi connectivity index (χ0) is 15.8. The molecule has 0 aromatic carbocycles. The van der Waals surface area contributed by atoms with Crippen LogP contribution in [-0.4, -0.2) is 22.0 Å². The number of hydrogen-bond acceptors (Lipinski definition) is 2. The summed E-state index contributed by atoms with van der Waals surface area (Å²) in [6, 6.07) is 0. The van der Waals surface area contributed by atoms with Gasteiger partial charge in [-0.2, -0.15) is 0 Å². The van der Waals surface area contributed by atoms with E-state index < -0.39 is 10.8 Å². The lowest BCUT2D eigenvalue weighted by atomic mass is 10.0. The van der Waals surface area contributed by atoms with Crippen LogP contribution in [0.2, 0.25) is 0 Å². The van der Waals surface area contributed by atoms with Crippen molar-refractivity contribution in [1.29, 1.82) is 0 Å². The van der Waals surface area contributed by atoms with E-state index in [0.717, 1.165) is 12.8 Å². The lowest BCUT2D eigenvalue weighted by Gasteiger charge is -2.03. The van der Waals surface area contributed by atoms with Gasteiger partial charge in [-0.15, -0.1) is 0 Å². The van der Waals surface area contributed by atoms with Crippen LogP contribution in [0.25, 0.3) is 0 Å². The van der Waals surface area contributed by atoms with Crippen molar-refractivity contribution in [2.45, 2.75) is 96.8 Å². The minimum atomic E-state index is -0.962. The molecule has 0 aromatic heterocycles. The molecular weight excluding hydrogens is 280 g/mol. The van der Waals surface area contributed by atoms with Crippen molar-refractivity contribution in [3.05, 3.63) is 0 Å². The molecule has 0 rings (SSSR count). The van der Waals surface area contributed by atoms with Crippen LogP contribution >= 0.6 is 0 Å². The molecule has 0 spiro atoms. The van der Waals surface area contributed by atoms with E-state index in [9.17, 15) is 9.00 Å². The van der Waals surface area contributed by atoms with Crippen molar-refractivity contribution < 1.29 is 9.00 Å². The van der Waals surface area contributed by atoms with Crippen LogP contribution in [0.3, 0.4) is 0 Å². The van der Waals surface area contributed by atoms with E-state index >= 15 is 0 Å². The van der Waals surface area contributed by atoms with Gasteiger partial charge >= 0.3 is 0 Å². The van der Waals surface area contributed by atoms with Crippen LogP contribution in [-0.2, 0) is 15.6 Å². The highest BCUT2D eigenvalue weighted by atomic mass is 32.2. The van der Waals surface area contributed by atoms with Gasteiger partial charge in [0.2, 0.25) is 0 Å². The lowest BCUT2D eigenvalue weighted by Crippen LogP contribution is -2.08. The molecule has 21 heavy (non-hydrogen) atoms. The van der Waals surface area contributed by atoms with E-state index in [4.69, 9.17) is 0 Å². The highest BCUT2D eigenvalue weighted by molar-refractivity contribution is 7.85. The van der Waals surface area contributed by atoms with E-state index in [1.165, 1.54) is 70.6 Å². The third kappa shape index (κ3) is 17.8. The minimum Gasteiger partial charge on any atom is -0.299 e. The summed E-state index contributed by atoms with van der Waals surface area (Å²) in [5.41, 5.74) is 0. The van der Waals surface area contributed by atoms with Crippen molar-refractivity contribution in [1.82, 2.24) is 0 Å². The van der Waals surface area contributed by atoms with Gasteiger partial charge in [0.1, 0.15) is 5.78 Å². The molecule has 126 valence electrons. The van der Waals surface area contributed by atoms with Crippen molar-refractivity contribution in [3.8, 4) is 0 Å². The summed E-state index contributed by atoms with van der Waals surface area (Å²) in [7, 11) is -0.962. The Kier molecular flexibility index (Phi) is 16.1. The first-order valence-electron chi connectivity index (χ1n) is 8.98. The Morgan fingerprint density at radius 2 is 1.10 bits per heavy atom. The Bertz CT molecular complexity index is 264. The molecule has 0 fully saturated rings.